The van der Waals surface area contributed by atoms with Gasteiger partial charge in [0.25, 0.3) is 0 Å². The molecular weight excluding hydrogens is 308 g/mol. The zero-order valence-corrected chi connectivity index (χ0v) is 15.7. The highest BCUT2D eigenvalue weighted by atomic mass is 16.5. The fraction of sp³-hybridized carbons (Fsp3) is 0.609. The molecule has 0 spiro atoms. The summed E-state index contributed by atoms with van der Waals surface area (Å²) in [7, 11) is 0. The van der Waals surface area contributed by atoms with Crippen LogP contribution in [0.4, 0.5) is 0 Å². The van der Waals surface area contributed by atoms with Gasteiger partial charge < -0.3 is 4.74 Å². The number of hydrogen-bond donors (Lipinski definition) is 0. The summed E-state index contributed by atoms with van der Waals surface area (Å²) in [5.74, 6) is 2.69. The number of hydrogen-bond acceptors (Lipinski definition) is 2. The molecule has 2 rings (SSSR count). The number of benzene rings is 1. The van der Waals surface area contributed by atoms with Crippen molar-refractivity contribution in [1.82, 2.24) is 0 Å². The minimum atomic E-state index is 0.848. The van der Waals surface area contributed by atoms with Gasteiger partial charge in [-0.1, -0.05) is 62.8 Å². The fourth-order valence-corrected chi connectivity index (χ4v) is 2.99. The van der Waals surface area contributed by atoms with Gasteiger partial charge in [-0.15, -0.1) is 12.3 Å². The van der Waals surface area contributed by atoms with Gasteiger partial charge in [0.1, 0.15) is 6.29 Å². The molecule has 2 heteroatoms. The van der Waals surface area contributed by atoms with Crippen LogP contribution < -0.4 is 0 Å². The third-order valence-electron chi connectivity index (χ3n) is 4.53. The first-order valence-electron chi connectivity index (χ1n) is 9.92. The van der Waals surface area contributed by atoms with E-state index >= 15 is 0 Å². The first-order chi connectivity index (χ1) is 12.4. The van der Waals surface area contributed by atoms with Crippen LogP contribution in [-0.4, -0.2) is 19.5 Å². The van der Waals surface area contributed by atoms with E-state index in [-0.39, 0.29) is 0 Å². The Balaban J connectivity index is 0.000000531. The number of carbonyl (C=O) groups is 1. The Labute approximate surface area is 154 Å². The van der Waals surface area contributed by atoms with Crippen molar-refractivity contribution in [2.24, 2.45) is 0 Å². The van der Waals surface area contributed by atoms with Gasteiger partial charge in [-0.25, -0.2) is 0 Å². The molecule has 1 aliphatic heterocycles. The molecule has 1 fully saturated rings. The van der Waals surface area contributed by atoms with Crippen molar-refractivity contribution in [1.29, 1.82) is 0 Å². The number of terminal acetylenes is 1. The molecule has 0 aliphatic carbocycles. The number of aryl methyl sites for hydroxylation is 1. The molecule has 0 radical (unpaired) electrons. The van der Waals surface area contributed by atoms with Crippen LogP contribution in [-0.2, 0) is 11.2 Å². The maximum absolute atomic E-state index is 10.9. The Morgan fingerprint density at radius 1 is 0.920 bits per heavy atom. The van der Waals surface area contributed by atoms with Crippen LogP contribution in [0.5, 0.6) is 0 Å². The molecule has 0 amide bonds. The summed E-state index contributed by atoms with van der Waals surface area (Å²) in [6, 6.07) is 7.90. The Kier molecular flexibility index (Phi) is 13.7. The lowest BCUT2D eigenvalue weighted by atomic mass is 10.0. The van der Waals surface area contributed by atoms with Crippen LogP contribution in [0, 0.1) is 12.3 Å². The number of carbonyl (C=O) groups excluding carboxylic acids is 1. The van der Waals surface area contributed by atoms with Crippen molar-refractivity contribution < 1.29 is 9.53 Å². The summed E-state index contributed by atoms with van der Waals surface area (Å²) >= 11 is 0. The average molecular weight is 343 g/mol. The van der Waals surface area contributed by atoms with Gasteiger partial charge >= 0.3 is 0 Å². The summed E-state index contributed by atoms with van der Waals surface area (Å²) in [5.41, 5.74) is 2.04. The Bertz CT molecular complexity index is 476. The molecule has 0 saturated carbocycles. The molecule has 1 aliphatic rings. The standard InChI is InChI=1S/C19H26O.C4H8O/c1-2-3-4-5-6-7-8-9-10-11-14-18-15-12-13-16-19(18)17-20;1-2-4-5-3-1/h1,12-13,15-17H,3-11,14H2;1-4H2. The quantitative estimate of drug-likeness (QED) is 0.281. The van der Waals surface area contributed by atoms with E-state index in [2.05, 4.69) is 12.0 Å². The van der Waals surface area contributed by atoms with Gasteiger partial charge in [-0.2, -0.15) is 0 Å². The SMILES string of the molecule is C#CCCCCCCCCCCc1ccccc1C=O.C1CCOC1. The first-order valence-corrected chi connectivity index (χ1v) is 9.92. The van der Waals surface area contributed by atoms with Gasteiger partial charge in [0.2, 0.25) is 0 Å². The van der Waals surface area contributed by atoms with Crippen molar-refractivity contribution in [2.75, 3.05) is 13.2 Å². The Hall–Kier alpha value is -1.59. The van der Waals surface area contributed by atoms with Crippen molar-refractivity contribution in [3.05, 3.63) is 35.4 Å². The van der Waals surface area contributed by atoms with E-state index in [1.54, 1.807) is 0 Å². The molecule has 25 heavy (non-hydrogen) atoms. The van der Waals surface area contributed by atoms with Crippen molar-refractivity contribution >= 4 is 6.29 Å². The topological polar surface area (TPSA) is 26.3 Å². The van der Waals surface area contributed by atoms with Crippen molar-refractivity contribution in [2.45, 2.75) is 77.0 Å². The molecule has 0 aromatic heterocycles. The van der Waals surface area contributed by atoms with Gasteiger partial charge in [0.15, 0.2) is 0 Å². The molecule has 2 nitrogen and oxygen atoms in total. The van der Waals surface area contributed by atoms with Crippen LogP contribution in [0.2, 0.25) is 0 Å². The summed E-state index contributed by atoms with van der Waals surface area (Å²) in [5, 5.41) is 0. The molecular formula is C23H34O2. The number of aldehydes is 1. The minimum Gasteiger partial charge on any atom is -0.381 e. The van der Waals surface area contributed by atoms with Gasteiger partial charge in [0.05, 0.1) is 0 Å². The Morgan fingerprint density at radius 3 is 2.08 bits per heavy atom. The van der Waals surface area contributed by atoms with Crippen LogP contribution in [0.25, 0.3) is 0 Å². The second kappa shape index (κ2) is 15.9. The monoisotopic (exact) mass is 342 g/mol. The third kappa shape index (κ3) is 11.6. The smallest absolute Gasteiger partial charge is 0.150 e. The van der Waals surface area contributed by atoms with Gasteiger partial charge in [-0.3, -0.25) is 4.79 Å². The second-order valence-corrected chi connectivity index (χ2v) is 6.67. The molecule has 1 aromatic rings. The zero-order valence-electron chi connectivity index (χ0n) is 15.7. The zero-order chi connectivity index (χ0) is 18.0. The number of ether oxygens (including phenoxy) is 1. The summed E-state index contributed by atoms with van der Waals surface area (Å²) in [6.45, 7) is 2.00. The summed E-state index contributed by atoms with van der Waals surface area (Å²) < 4.78 is 4.94. The molecule has 1 saturated heterocycles. The Morgan fingerprint density at radius 2 is 1.52 bits per heavy atom. The van der Waals surface area contributed by atoms with Crippen LogP contribution in [0.1, 0.15) is 86.6 Å². The van der Waals surface area contributed by atoms with E-state index in [1.807, 2.05) is 18.2 Å². The molecule has 1 heterocycles. The molecule has 0 N–H and O–H groups in total. The average Bonchev–Trinajstić information content (AvgIpc) is 3.23. The molecule has 0 atom stereocenters. The van der Waals surface area contributed by atoms with E-state index in [9.17, 15) is 4.79 Å². The van der Waals surface area contributed by atoms with E-state index in [0.29, 0.717) is 0 Å². The van der Waals surface area contributed by atoms with Gasteiger partial charge in [-0.05, 0) is 37.7 Å². The highest BCUT2D eigenvalue weighted by molar-refractivity contribution is 5.77. The number of rotatable bonds is 11. The van der Waals surface area contributed by atoms with Gasteiger partial charge in [0, 0.05) is 25.2 Å². The molecule has 138 valence electrons. The first kappa shape index (κ1) is 21.5. The van der Waals surface area contributed by atoms with E-state index in [4.69, 9.17) is 11.2 Å². The van der Waals surface area contributed by atoms with E-state index in [0.717, 1.165) is 37.9 Å². The lowest BCUT2D eigenvalue weighted by molar-refractivity contribution is 0.112. The summed E-state index contributed by atoms with van der Waals surface area (Å²) in [6.07, 6.45) is 20.9. The fourth-order valence-electron chi connectivity index (χ4n) is 2.99. The van der Waals surface area contributed by atoms with Crippen LogP contribution in [0.15, 0.2) is 24.3 Å². The normalized spacial score (nSPS) is 12.9. The highest BCUT2D eigenvalue weighted by Gasteiger charge is 2.00. The maximum atomic E-state index is 10.9. The van der Waals surface area contributed by atoms with Crippen molar-refractivity contribution in [3.8, 4) is 12.3 Å². The maximum Gasteiger partial charge on any atom is 0.150 e. The molecule has 0 unspecified atom stereocenters. The van der Waals surface area contributed by atoms with Crippen molar-refractivity contribution in [3.63, 3.8) is 0 Å². The lowest BCUT2D eigenvalue weighted by Crippen LogP contribution is -1.92. The predicted octanol–water partition coefficient (Wildman–Crippen LogP) is 5.98. The predicted molar refractivity (Wildman–Crippen MR) is 106 cm³/mol. The van der Waals surface area contributed by atoms with Crippen LogP contribution >= 0.6 is 0 Å². The number of unbranched alkanes of at least 4 members (excludes halogenated alkanes) is 8. The molecule has 0 bridgehead atoms. The van der Waals surface area contributed by atoms with E-state index < -0.39 is 0 Å². The highest BCUT2D eigenvalue weighted by Crippen LogP contribution is 2.13. The summed E-state index contributed by atoms with van der Waals surface area (Å²) in [4.78, 5) is 10.9. The van der Waals surface area contributed by atoms with E-state index in [1.165, 1.54) is 69.8 Å². The second-order valence-electron chi connectivity index (χ2n) is 6.67. The van der Waals surface area contributed by atoms with Crippen LogP contribution in [0.3, 0.4) is 0 Å². The minimum absolute atomic E-state index is 0.848. The lowest BCUT2D eigenvalue weighted by Gasteiger charge is -2.04. The largest absolute Gasteiger partial charge is 0.381 e. The third-order valence-corrected chi connectivity index (χ3v) is 4.53. The molecule has 1 aromatic carbocycles.